The maximum Gasteiger partial charge on any atom is 0.0705 e. The van der Waals surface area contributed by atoms with Gasteiger partial charge in [0.2, 0.25) is 0 Å². The molecule has 2 rings (SSSR count). The SMILES string of the molecule is NC(CO)c1ccnc2ccccc12. The van der Waals surface area contributed by atoms with Crippen LogP contribution in [0.15, 0.2) is 36.5 Å². The van der Waals surface area contributed by atoms with E-state index in [1.165, 1.54) is 0 Å². The van der Waals surface area contributed by atoms with Crippen LogP contribution in [0.2, 0.25) is 0 Å². The summed E-state index contributed by atoms with van der Waals surface area (Å²) in [6, 6.07) is 9.29. The summed E-state index contributed by atoms with van der Waals surface area (Å²) in [5.74, 6) is 0. The Bertz CT molecular complexity index is 437. The molecule has 2 aromatic rings. The van der Waals surface area contributed by atoms with Gasteiger partial charge in [-0.25, -0.2) is 0 Å². The van der Waals surface area contributed by atoms with Crippen molar-refractivity contribution >= 4 is 10.9 Å². The largest absolute Gasteiger partial charge is 0.394 e. The van der Waals surface area contributed by atoms with Crippen LogP contribution in [0.1, 0.15) is 11.6 Å². The van der Waals surface area contributed by atoms with E-state index in [4.69, 9.17) is 10.8 Å². The maximum absolute atomic E-state index is 9.00. The van der Waals surface area contributed by atoms with E-state index in [1.807, 2.05) is 30.3 Å². The van der Waals surface area contributed by atoms with Crippen molar-refractivity contribution in [2.75, 3.05) is 6.61 Å². The molecule has 1 atom stereocenters. The van der Waals surface area contributed by atoms with E-state index in [-0.39, 0.29) is 12.6 Å². The first-order valence-corrected chi connectivity index (χ1v) is 4.53. The fourth-order valence-electron chi connectivity index (χ4n) is 1.54. The van der Waals surface area contributed by atoms with Crippen LogP contribution in [0.3, 0.4) is 0 Å². The minimum atomic E-state index is -0.331. The molecule has 1 heterocycles. The molecule has 0 aliphatic heterocycles. The molecule has 3 heteroatoms. The second kappa shape index (κ2) is 3.74. The van der Waals surface area contributed by atoms with E-state index < -0.39 is 0 Å². The van der Waals surface area contributed by atoms with Crippen molar-refractivity contribution in [3.05, 3.63) is 42.1 Å². The third-order valence-corrected chi connectivity index (χ3v) is 2.28. The smallest absolute Gasteiger partial charge is 0.0705 e. The van der Waals surface area contributed by atoms with Gasteiger partial charge in [0, 0.05) is 11.6 Å². The highest BCUT2D eigenvalue weighted by molar-refractivity contribution is 5.82. The van der Waals surface area contributed by atoms with Crippen LogP contribution in [-0.2, 0) is 0 Å². The minimum absolute atomic E-state index is 0.0476. The fraction of sp³-hybridized carbons (Fsp3) is 0.182. The van der Waals surface area contributed by atoms with Crippen molar-refractivity contribution < 1.29 is 5.11 Å². The number of nitrogens with two attached hydrogens (primary N) is 1. The molecule has 3 nitrogen and oxygen atoms in total. The van der Waals surface area contributed by atoms with Gasteiger partial charge in [-0.3, -0.25) is 4.98 Å². The Morgan fingerprint density at radius 2 is 2.07 bits per heavy atom. The first kappa shape index (κ1) is 9.12. The van der Waals surface area contributed by atoms with Crippen LogP contribution >= 0.6 is 0 Å². The zero-order valence-electron chi connectivity index (χ0n) is 7.72. The van der Waals surface area contributed by atoms with Crippen molar-refractivity contribution in [2.24, 2.45) is 5.73 Å². The van der Waals surface area contributed by atoms with Gasteiger partial charge in [0.1, 0.15) is 0 Å². The molecule has 0 aliphatic rings. The molecule has 0 saturated heterocycles. The number of nitrogens with zero attached hydrogens (tertiary/aromatic N) is 1. The molecule has 0 saturated carbocycles. The lowest BCUT2D eigenvalue weighted by Crippen LogP contribution is -2.14. The molecular weight excluding hydrogens is 176 g/mol. The predicted octanol–water partition coefficient (Wildman–Crippen LogP) is 1.23. The Balaban J connectivity index is 2.65. The average molecular weight is 188 g/mol. The number of aliphatic hydroxyl groups excluding tert-OH is 1. The molecule has 14 heavy (non-hydrogen) atoms. The molecule has 1 aromatic carbocycles. The number of hydrogen-bond donors (Lipinski definition) is 2. The summed E-state index contributed by atoms with van der Waals surface area (Å²) < 4.78 is 0. The van der Waals surface area contributed by atoms with Crippen molar-refractivity contribution in [1.82, 2.24) is 4.98 Å². The zero-order valence-corrected chi connectivity index (χ0v) is 7.72. The molecule has 0 amide bonds. The molecule has 0 radical (unpaired) electrons. The molecule has 1 aromatic heterocycles. The Morgan fingerprint density at radius 3 is 2.86 bits per heavy atom. The van der Waals surface area contributed by atoms with Gasteiger partial charge in [-0.1, -0.05) is 18.2 Å². The summed E-state index contributed by atoms with van der Waals surface area (Å²) >= 11 is 0. The molecule has 0 spiro atoms. The van der Waals surface area contributed by atoms with Crippen molar-refractivity contribution in [1.29, 1.82) is 0 Å². The van der Waals surface area contributed by atoms with E-state index in [0.29, 0.717) is 0 Å². The van der Waals surface area contributed by atoms with Gasteiger partial charge in [-0.05, 0) is 17.7 Å². The molecule has 0 fully saturated rings. The second-order valence-corrected chi connectivity index (χ2v) is 3.21. The highest BCUT2D eigenvalue weighted by Gasteiger charge is 2.07. The number of aliphatic hydroxyl groups is 1. The van der Waals surface area contributed by atoms with Crippen molar-refractivity contribution in [3.8, 4) is 0 Å². The van der Waals surface area contributed by atoms with Gasteiger partial charge >= 0.3 is 0 Å². The van der Waals surface area contributed by atoms with Crippen LogP contribution in [-0.4, -0.2) is 16.7 Å². The summed E-state index contributed by atoms with van der Waals surface area (Å²) in [4.78, 5) is 4.22. The lowest BCUT2D eigenvalue weighted by Gasteiger charge is -2.10. The van der Waals surface area contributed by atoms with Gasteiger partial charge in [-0.15, -0.1) is 0 Å². The fourth-order valence-corrected chi connectivity index (χ4v) is 1.54. The first-order chi connectivity index (χ1) is 6.83. The molecule has 3 N–H and O–H groups in total. The van der Waals surface area contributed by atoms with Crippen LogP contribution in [0.5, 0.6) is 0 Å². The average Bonchev–Trinajstić information content (AvgIpc) is 2.27. The highest BCUT2D eigenvalue weighted by atomic mass is 16.3. The lowest BCUT2D eigenvalue weighted by molar-refractivity contribution is 0.268. The van der Waals surface area contributed by atoms with Gasteiger partial charge in [0.15, 0.2) is 0 Å². The van der Waals surface area contributed by atoms with Crippen molar-refractivity contribution in [3.63, 3.8) is 0 Å². The minimum Gasteiger partial charge on any atom is -0.394 e. The summed E-state index contributed by atoms with van der Waals surface area (Å²) in [7, 11) is 0. The Morgan fingerprint density at radius 1 is 1.29 bits per heavy atom. The van der Waals surface area contributed by atoms with Crippen LogP contribution in [0, 0.1) is 0 Å². The molecule has 0 bridgehead atoms. The molecule has 0 aliphatic carbocycles. The normalized spacial score (nSPS) is 13.0. The quantitative estimate of drug-likeness (QED) is 0.745. The summed E-state index contributed by atoms with van der Waals surface area (Å²) in [6.07, 6.45) is 1.72. The predicted molar refractivity (Wildman–Crippen MR) is 55.8 cm³/mol. The molecule has 72 valence electrons. The Labute approximate surface area is 82.2 Å². The number of rotatable bonds is 2. The standard InChI is InChI=1S/C11H12N2O/c12-10(7-14)8-5-6-13-11-4-2-1-3-9(8)11/h1-6,10,14H,7,12H2. The number of fused-ring (bicyclic) bond motifs is 1. The lowest BCUT2D eigenvalue weighted by atomic mass is 10.0. The third kappa shape index (κ3) is 1.47. The number of pyridine rings is 1. The van der Waals surface area contributed by atoms with Gasteiger partial charge in [0.05, 0.1) is 18.2 Å². The van der Waals surface area contributed by atoms with E-state index >= 15 is 0 Å². The van der Waals surface area contributed by atoms with E-state index in [9.17, 15) is 0 Å². The number of hydrogen-bond acceptors (Lipinski definition) is 3. The Hall–Kier alpha value is -1.45. The number of benzene rings is 1. The van der Waals surface area contributed by atoms with E-state index in [0.717, 1.165) is 16.5 Å². The summed E-state index contributed by atoms with van der Waals surface area (Å²) in [5.41, 5.74) is 7.64. The van der Waals surface area contributed by atoms with E-state index in [1.54, 1.807) is 6.20 Å². The van der Waals surface area contributed by atoms with Gasteiger partial charge in [-0.2, -0.15) is 0 Å². The second-order valence-electron chi connectivity index (χ2n) is 3.21. The summed E-state index contributed by atoms with van der Waals surface area (Å²) in [6.45, 7) is -0.0476. The topological polar surface area (TPSA) is 59.1 Å². The number of aromatic nitrogens is 1. The highest BCUT2D eigenvalue weighted by Crippen LogP contribution is 2.20. The maximum atomic E-state index is 9.00. The zero-order chi connectivity index (χ0) is 9.97. The van der Waals surface area contributed by atoms with Gasteiger partial charge in [0.25, 0.3) is 0 Å². The number of para-hydroxylation sites is 1. The molecular formula is C11H12N2O. The monoisotopic (exact) mass is 188 g/mol. The van der Waals surface area contributed by atoms with Gasteiger partial charge < -0.3 is 10.8 Å². The van der Waals surface area contributed by atoms with Crippen LogP contribution in [0.4, 0.5) is 0 Å². The first-order valence-electron chi connectivity index (χ1n) is 4.53. The van der Waals surface area contributed by atoms with Crippen LogP contribution in [0.25, 0.3) is 10.9 Å². The third-order valence-electron chi connectivity index (χ3n) is 2.28. The van der Waals surface area contributed by atoms with Crippen LogP contribution < -0.4 is 5.73 Å². The molecule has 1 unspecified atom stereocenters. The van der Waals surface area contributed by atoms with Crippen molar-refractivity contribution in [2.45, 2.75) is 6.04 Å². The summed E-state index contributed by atoms with van der Waals surface area (Å²) in [5, 5.41) is 10.0. The van der Waals surface area contributed by atoms with E-state index in [2.05, 4.69) is 4.98 Å². The Kier molecular flexibility index (Phi) is 2.43.